The van der Waals surface area contributed by atoms with Gasteiger partial charge in [-0.15, -0.1) is 0 Å². The molecule has 0 amide bonds. The Balaban J connectivity index is 1.03. The molecule has 1 aromatic heterocycles. The lowest BCUT2D eigenvalue weighted by Gasteiger charge is -2.26. The molecule has 0 aliphatic heterocycles. The highest BCUT2D eigenvalue weighted by Gasteiger charge is 2.20. The maximum absolute atomic E-state index is 2.41. The SMILES string of the molecule is c1ccc(-c2c3ccccc3c(-c3ccccc3)c3cc(-c4ccc(N(c5ccc6ccccc6c5)c5ccc6c(c5)c5ccccc5n6-c5ccccc5)cc4)ccc23)cc1. The van der Waals surface area contributed by atoms with E-state index in [1.54, 1.807) is 0 Å². The summed E-state index contributed by atoms with van der Waals surface area (Å²) in [6.07, 6.45) is 0. The zero-order chi connectivity index (χ0) is 41.0. The Bertz CT molecular complexity index is 3610. The molecule has 0 spiro atoms. The molecule has 0 bridgehead atoms. The minimum atomic E-state index is 1.10. The first-order valence-electron chi connectivity index (χ1n) is 21.3. The molecule has 0 saturated heterocycles. The summed E-state index contributed by atoms with van der Waals surface area (Å²) in [4.78, 5) is 2.40. The van der Waals surface area contributed by atoms with Crippen molar-refractivity contribution < 1.29 is 0 Å². The van der Waals surface area contributed by atoms with Crippen LogP contribution in [0.25, 0.3) is 93.2 Å². The van der Waals surface area contributed by atoms with Gasteiger partial charge in [-0.3, -0.25) is 0 Å². The lowest BCUT2D eigenvalue weighted by Crippen LogP contribution is -2.10. The maximum atomic E-state index is 2.41. The van der Waals surface area contributed by atoms with Crippen LogP contribution in [-0.2, 0) is 0 Å². The normalized spacial score (nSPS) is 11.5. The highest BCUT2D eigenvalue weighted by molar-refractivity contribution is 6.22. The summed E-state index contributed by atoms with van der Waals surface area (Å²) >= 11 is 0. The van der Waals surface area contributed by atoms with E-state index < -0.39 is 0 Å². The first kappa shape index (κ1) is 35.7. The molecule has 0 fully saturated rings. The van der Waals surface area contributed by atoms with Crippen molar-refractivity contribution in [2.24, 2.45) is 0 Å². The topological polar surface area (TPSA) is 8.17 Å². The molecule has 1 heterocycles. The van der Waals surface area contributed by atoms with Crippen LogP contribution >= 0.6 is 0 Å². The van der Waals surface area contributed by atoms with Gasteiger partial charge in [0.1, 0.15) is 0 Å². The quantitative estimate of drug-likeness (QED) is 0.146. The number of rotatable bonds is 7. The minimum absolute atomic E-state index is 1.10. The smallest absolute Gasteiger partial charge is 0.0542 e. The molecule has 0 unspecified atom stereocenters. The molecule has 0 aliphatic rings. The second kappa shape index (κ2) is 14.8. The van der Waals surface area contributed by atoms with Crippen LogP contribution < -0.4 is 4.90 Å². The maximum Gasteiger partial charge on any atom is 0.0542 e. The number of benzene rings is 11. The summed E-state index contributed by atoms with van der Waals surface area (Å²) in [6.45, 7) is 0. The van der Waals surface area contributed by atoms with Gasteiger partial charge in [-0.25, -0.2) is 0 Å². The van der Waals surface area contributed by atoms with E-state index in [-0.39, 0.29) is 0 Å². The molecule has 2 heteroatoms. The van der Waals surface area contributed by atoms with Crippen LogP contribution in [0.2, 0.25) is 0 Å². The number of para-hydroxylation sites is 2. The average molecular weight is 789 g/mol. The van der Waals surface area contributed by atoms with Gasteiger partial charge in [0.25, 0.3) is 0 Å². The van der Waals surface area contributed by atoms with Gasteiger partial charge in [-0.2, -0.15) is 0 Å². The van der Waals surface area contributed by atoms with Crippen LogP contribution in [0.3, 0.4) is 0 Å². The molecule has 11 aromatic carbocycles. The Morgan fingerprint density at radius 3 is 1.47 bits per heavy atom. The average Bonchev–Trinajstić information content (AvgIpc) is 3.68. The van der Waals surface area contributed by atoms with E-state index >= 15 is 0 Å². The minimum Gasteiger partial charge on any atom is -0.310 e. The fraction of sp³-hybridized carbons (Fsp3) is 0. The van der Waals surface area contributed by atoms with Crippen molar-refractivity contribution in [1.29, 1.82) is 0 Å². The number of anilines is 3. The third-order valence-electron chi connectivity index (χ3n) is 12.5. The van der Waals surface area contributed by atoms with E-state index in [4.69, 9.17) is 0 Å². The molecule has 0 N–H and O–H groups in total. The second-order valence-corrected chi connectivity index (χ2v) is 16.1. The highest BCUT2D eigenvalue weighted by atomic mass is 15.1. The molecule has 290 valence electrons. The number of hydrogen-bond acceptors (Lipinski definition) is 1. The van der Waals surface area contributed by atoms with Gasteiger partial charge in [-0.05, 0) is 132 Å². The summed E-state index contributed by atoms with van der Waals surface area (Å²) in [5, 5.41) is 9.90. The number of fused-ring (bicyclic) bond motifs is 6. The van der Waals surface area contributed by atoms with Crippen molar-refractivity contribution in [3.05, 3.63) is 243 Å². The van der Waals surface area contributed by atoms with E-state index in [0.29, 0.717) is 0 Å². The zero-order valence-corrected chi connectivity index (χ0v) is 34.0. The van der Waals surface area contributed by atoms with Gasteiger partial charge in [0.15, 0.2) is 0 Å². The third kappa shape index (κ3) is 5.96. The molecule has 0 atom stereocenters. The zero-order valence-electron chi connectivity index (χ0n) is 34.0. The Morgan fingerprint density at radius 1 is 0.258 bits per heavy atom. The molecule has 12 rings (SSSR count). The number of hydrogen-bond donors (Lipinski definition) is 0. The lowest BCUT2D eigenvalue weighted by atomic mass is 9.85. The predicted octanol–water partition coefficient (Wildman–Crippen LogP) is 16.7. The molecule has 0 saturated carbocycles. The molecular weight excluding hydrogens is 749 g/mol. The van der Waals surface area contributed by atoms with E-state index in [1.807, 2.05) is 0 Å². The van der Waals surface area contributed by atoms with E-state index in [2.05, 4.69) is 252 Å². The highest BCUT2D eigenvalue weighted by Crippen LogP contribution is 2.46. The standard InChI is InChI=1S/C60H40N2/c1-4-17-43(18-5-1)59-52-25-12-13-26-53(52)60(44-19-6-2-7-20-44)56-39-46(31-36-54(56)59)42-28-32-48(33-29-42)61(49-34-30-41-16-10-11-21-45(41)38-49)50-35-37-58-55(40-50)51-24-14-15-27-57(51)62(58)47-22-8-3-9-23-47/h1-40H. The number of nitrogens with zero attached hydrogens (tertiary/aromatic N) is 2. The summed E-state index contributed by atoms with van der Waals surface area (Å²) < 4.78 is 2.38. The second-order valence-electron chi connectivity index (χ2n) is 16.1. The van der Waals surface area contributed by atoms with Crippen molar-refractivity contribution in [3.63, 3.8) is 0 Å². The van der Waals surface area contributed by atoms with Gasteiger partial charge < -0.3 is 9.47 Å². The fourth-order valence-corrected chi connectivity index (χ4v) is 9.71. The molecule has 0 radical (unpaired) electrons. The largest absolute Gasteiger partial charge is 0.310 e. The first-order chi connectivity index (χ1) is 30.8. The molecule has 0 aliphatic carbocycles. The Hall–Kier alpha value is -8.20. The summed E-state index contributed by atoms with van der Waals surface area (Å²) in [5.41, 5.74) is 14.2. The van der Waals surface area contributed by atoms with Crippen LogP contribution in [0.5, 0.6) is 0 Å². The fourth-order valence-electron chi connectivity index (χ4n) is 9.71. The van der Waals surface area contributed by atoms with Crippen LogP contribution in [0.1, 0.15) is 0 Å². The summed E-state index contributed by atoms with van der Waals surface area (Å²) in [6, 6.07) is 88.5. The summed E-state index contributed by atoms with van der Waals surface area (Å²) in [5.74, 6) is 0. The van der Waals surface area contributed by atoms with Gasteiger partial charge >= 0.3 is 0 Å². The monoisotopic (exact) mass is 788 g/mol. The van der Waals surface area contributed by atoms with Crippen LogP contribution in [-0.4, -0.2) is 4.57 Å². The molecular formula is C60H40N2. The van der Waals surface area contributed by atoms with Crippen LogP contribution in [0, 0.1) is 0 Å². The van der Waals surface area contributed by atoms with E-state index in [1.165, 1.54) is 87.5 Å². The Labute approximate surface area is 360 Å². The van der Waals surface area contributed by atoms with Gasteiger partial charge in [0, 0.05) is 33.5 Å². The first-order valence-corrected chi connectivity index (χ1v) is 21.3. The van der Waals surface area contributed by atoms with Crippen molar-refractivity contribution in [2.75, 3.05) is 4.90 Å². The van der Waals surface area contributed by atoms with Gasteiger partial charge in [0.2, 0.25) is 0 Å². The number of aromatic nitrogens is 1. The van der Waals surface area contributed by atoms with E-state index in [0.717, 1.165) is 22.7 Å². The van der Waals surface area contributed by atoms with Crippen LogP contribution in [0.4, 0.5) is 17.1 Å². The van der Waals surface area contributed by atoms with E-state index in [9.17, 15) is 0 Å². The van der Waals surface area contributed by atoms with Gasteiger partial charge in [0.05, 0.1) is 11.0 Å². The predicted molar refractivity (Wildman–Crippen MR) is 264 cm³/mol. The van der Waals surface area contributed by atoms with Crippen molar-refractivity contribution in [2.45, 2.75) is 0 Å². The van der Waals surface area contributed by atoms with Crippen molar-refractivity contribution in [3.8, 4) is 39.1 Å². The van der Waals surface area contributed by atoms with Crippen LogP contribution in [0.15, 0.2) is 243 Å². The van der Waals surface area contributed by atoms with Crippen molar-refractivity contribution >= 4 is 71.2 Å². The van der Waals surface area contributed by atoms with Crippen molar-refractivity contribution in [1.82, 2.24) is 4.57 Å². The molecule has 62 heavy (non-hydrogen) atoms. The van der Waals surface area contributed by atoms with Gasteiger partial charge in [-0.1, -0.05) is 176 Å². The Morgan fingerprint density at radius 2 is 0.758 bits per heavy atom. The summed E-state index contributed by atoms with van der Waals surface area (Å²) in [7, 11) is 0. The lowest BCUT2D eigenvalue weighted by molar-refractivity contribution is 1.18. The Kier molecular flexibility index (Phi) is 8.53. The molecule has 2 nitrogen and oxygen atoms in total. The third-order valence-corrected chi connectivity index (χ3v) is 12.5. The molecule has 12 aromatic rings.